The summed E-state index contributed by atoms with van der Waals surface area (Å²) in [5, 5.41) is 15.1. The van der Waals surface area contributed by atoms with Gasteiger partial charge >= 0.3 is 0 Å². The number of aliphatic hydroxyl groups is 1. The van der Waals surface area contributed by atoms with Gasteiger partial charge in [0.05, 0.1) is 0 Å². The van der Waals surface area contributed by atoms with Crippen molar-refractivity contribution in [1.29, 1.82) is 0 Å². The Morgan fingerprint density at radius 3 is 2.57 bits per heavy atom. The summed E-state index contributed by atoms with van der Waals surface area (Å²) in [7, 11) is 0. The van der Waals surface area contributed by atoms with Crippen molar-refractivity contribution in [2.45, 2.75) is 46.0 Å². The number of hydrogen-bond donors (Lipinski definition) is 1. The summed E-state index contributed by atoms with van der Waals surface area (Å²) in [6, 6.07) is 14.4. The van der Waals surface area contributed by atoms with Gasteiger partial charge in [0.1, 0.15) is 6.23 Å². The molecule has 122 valence electrons. The van der Waals surface area contributed by atoms with Crippen LogP contribution in [0.3, 0.4) is 0 Å². The quantitative estimate of drug-likeness (QED) is 0.918. The zero-order chi connectivity index (χ0) is 16.6. The standard InChI is InChI=1S/C19H24N3O/c1-12-8-7-11-18(20-12)21-19-13(2)14(3)22(15(4)23)17-10-6-5-9-16(17)19/h5-11,13-15,19,23H,1-4H3/q-1. The van der Waals surface area contributed by atoms with Gasteiger partial charge in [-0.2, -0.15) is 0 Å². The van der Waals surface area contributed by atoms with Crippen molar-refractivity contribution in [1.82, 2.24) is 4.98 Å². The van der Waals surface area contributed by atoms with Crippen LogP contribution in [0.1, 0.15) is 38.1 Å². The zero-order valence-corrected chi connectivity index (χ0v) is 14.1. The van der Waals surface area contributed by atoms with E-state index in [2.05, 4.69) is 35.9 Å². The van der Waals surface area contributed by atoms with E-state index in [-0.39, 0.29) is 18.0 Å². The van der Waals surface area contributed by atoms with Crippen LogP contribution >= 0.6 is 0 Å². The Bertz CT molecular complexity index is 686. The minimum Gasteiger partial charge on any atom is -0.457 e. The second kappa shape index (κ2) is 6.20. The van der Waals surface area contributed by atoms with Gasteiger partial charge in [0.15, 0.2) is 0 Å². The monoisotopic (exact) mass is 310 g/mol. The smallest absolute Gasteiger partial charge is 0.124 e. The molecule has 0 bridgehead atoms. The number of aromatic nitrogens is 1. The molecule has 1 aromatic heterocycles. The molecule has 2 heterocycles. The van der Waals surface area contributed by atoms with E-state index in [4.69, 9.17) is 5.32 Å². The minimum absolute atomic E-state index is 0.0468. The van der Waals surface area contributed by atoms with Gasteiger partial charge in [0, 0.05) is 11.7 Å². The molecule has 0 aliphatic carbocycles. The molecular weight excluding hydrogens is 286 g/mol. The topological polar surface area (TPSA) is 50.5 Å². The first-order valence-corrected chi connectivity index (χ1v) is 8.19. The van der Waals surface area contributed by atoms with Crippen LogP contribution in [-0.2, 0) is 0 Å². The molecule has 4 heteroatoms. The largest absolute Gasteiger partial charge is 0.457 e. The third-order valence-electron chi connectivity index (χ3n) is 4.78. The molecule has 0 saturated carbocycles. The fraction of sp³-hybridized carbons (Fsp3) is 0.421. The first-order valence-electron chi connectivity index (χ1n) is 8.19. The highest BCUT2D eigenvalue weighted by molar-refractivity contribution is 5.62. The molecule has 23 heavy (non-hydrogen) atoms. The molecule has 0 saturated heterocycles. The van der Waals surface area contributed by atoms with Crippen LogP contribution < -0.4 is 4.90 Å². The second-order valence-electron chi connectivity index (χ2n) is 6.41. The summed E-state index contributed by atoms with van der Waals surface area (Å²) in [6.45, 7) is 8.15. The van der Waals surface area contributed by atoms with E-state index in [1.54, 1.807) is 0 Å². The van der Waals surface area contributed by atoms with Crippen LogP contribution in [0.15, 0.2) is 42.5 Å². The van der Waals surface area contributed by atoms with Gasteiger partial charge in [0.25, 0.3) is 0 Å². The van der Waals surface area contributed by atoms with Crippen LogP contribution in [0.25, 0.3) is 5.32 Å². The zero-order valence-electron chi connectivity index (χ0n) is 14.1. The number of benzene rings is 1. The normalized spacial score (nSPS) is 24.9. The lowest BCUT2D eigenvalue weighted by Gasteiger charge is -2.48. The van der Waals surface area contributed by atoms with Crippen LogP contribution in [0.5, 0.6) is 0 Å². The van der Waals surface area contributed by atoms with Crippen molar-refractivity contribution < 1.29 is 5.11 Å². The molecule has 1 aliphatic rings. The average Bonchev–Trinajstić information content (AvgIpc) is 2.51. The molecular formula is C19H24N3O-. The lowest BCUT2D eigenvalue weighted by molar-refractivity contribution is 0.162. The third kappa shape index (κ3) is 2.91. The molecule has 2 aromatic rings. The number of fused-ring (bicyclic) bond motifs is 1. The van der Waals surface area contributed by atoms with Gasteiger partial charge in [-0.3, -0.25) is 0 Å². The number of nitrogens with zero attached hydrogens (tertiary/aromatic N) is 3. The lowest BCUT2D eigenvalue weighted by atomic mass is 9.82. The second-order valence-corrected chi connectivity index (χ2v) is 6.41. The lowest BCUT2D eigenvalue weighted by Crippen LogP contribution is -2.48. The number of para-hydroxylation sites is 1. The maximum absolute atomic E-state index is 10.2. The van der Waals surface area contributed by atoms with E-state index in [1.807, 2.05) is 44.2 Å². The molecule has 3 rings (SSSR count). The summed E-state index contributed by atoms with van der Waals surface area (Å²) >= 11 is 0. The van der Waals surface area contributed by atoms with Crippen LogP contribution in [0.4, 0.5) is 11.5 Å². The first kappa shape index (κ1) is 15.8. The Balaban J connectivity index is 2.01. The highest BCUT2D eigenvalue weighted by Gasteiger charge is 2.35. The van der Waals surface area contributed by atoms with Crippen molar-refractivity contribution >= 4 is 11.5 Å². The fourth-order valence-corrected chi connectivity index (χ4v) is 3.46. The SMILES string of the molecule is Cc1cccc([N-]C2c3ccccc3N(C(C)O)C(C)C2C)n1. The maximum atomic E-state index is 10.2. The number of rotatable bonds is 3. The summed E-state index contributed by atoms with van der Waals surface area (Å²) < 4.78 is 0. The van der Waals surface area contributed by atoms with Gasteiger partial charge in [-0.1, -0.05) is 54.8 Å². The fourth-order valence-electron chi connectivity index (χ4n) is 3.46. The first-order chi connectivity index (χ1) is 11.0. The van der Waals surface area contributed by atoms with E-state index in [0.717, 1.165) is 22.8 Å². The van der Waals surface area contributed by atoms with Gasteiger partial charge in [0.2, 0.25) is 0 Å². The van der Waals surface area contributed by atoms with Gasteiger partial charge in [-0.15, -0.1) is 0 Å². The van der Waals surface area contributed by atoms with Crippen LogP contribution in [0.2, 0.25) is 0 Å². The summed E-state index contributed by atoms with van der Waals surface area (Å²) in [6.07, 6.45) is -0.522. The van der Waals surface area contributed by atoms with E-state index >= 15 is 0 Å². The molecule has 4 nitrogen and oxygen atoms in total. The van der Waals surface area contributed by atoms with E-state index in [1.165, 1.54) is 0 Å². The van der Waals surface area contributed by atoms with Crippen molar-refractivity contribution in [3.63, 3.8) is 0 Å². The molecule has 0 amide bonds. The minimum atomic E-state index is -0.522. The van der Waals surface area contributed by atoms with Crippen LogP contribution in [-0.4, -0.2) is 22.4 Å². The summed E-state index contributed by atoms with van der Waals surface area (Å²) in [5.41, 5.74) is 3.19. The van der Waals surface area contributed by atoms with Crippen LogP contribution in [0, 0.1) is 12.8 Å². The highest BCUT2D eigenvalue weighted by atomic mass is 16.3. The Kier molecular flexibility index (Phi) is 4.26. The summed E-state index contributed by atoms with van der Waals surface area (Å²) in [4.78, 5) is 6.60. The maximum Gasteiger partial charge on any atom is 0.124 e. The Hall–Kier alpha value is -2.07. The van der Waals surface area contributed by atoms with Gasteiger partial charge < -0.3 is 20.3 Å². The van der Waals surface area contributed by atoms with Crippen molar-refractivity contribution in [2.75, 3.05) is 4.90 Å². The molecule has 1 aliphatic heterocycles. The van der Waals surface area contributed by atoms with E-state index in [9.17, 15) is 5.11 Å². The van der Waals surface area contributed by atoms with E-state index < -0.39 is 6.23 Å². The molecule has 1 aromatic carbocycles. The average molecular weight is 310 g/mol. The Labute approximate surface area is 138 Å². The predicted molar refractivity (Wildman–Crippen MR) is 94.0 cm³/mol. The Morgan fingerprint density at radius 2 is 1.87 bits per heavy atom. The number of anilines is 1. The number of pyridine rings is 1. The van der Waals surface area contributed by atoms with Gasteiger partial charge in [-0.25, -0.2) is 0 Å². The Morgan fingerprint density at radius 1 is 1.13 bits per heavy atom. The number of aryl methyl sites for hydroxylation is 1. The molecule has 0 radical (unpaired) electrons. The van der Waals surface area contributed by atoms with Crippen molar-refractivity contribution in [2.24, 2.45) is 5.92 Å². The van der Waals surface area contributed by atoms with Gasteiger partial charge in [-0.05, 0) is 44.4 Å². The van der Waals surface area contributed by atoms with Crippen molar-refractivity contribution in [3.05, 3.63) is 59.0 Å². The van der Waals surface area contributed by atoms with E-state index in [0.29, 0.717) is 0 Å². The molecule has 0 fully saturated rings. The number of hydrogen-bond acceptors (Lipinski definition) is 3. The molecule has 4 atom stereocenters. The summed E-state index contributed by atoms with van der Waals surface area (Å²) in [5.74, 6) is 1.05. The number of aliphatic hydroxyl groups excluding tert-OH is 1. The molecule has 4 unspecified atom stereocenters. The highest BCUT2D eigenvalue weighted by Crippen LogP contribution is 2.47. The molecule has 0 spiro atoms. The molecule has 1 N–H and O–H groups in total. The predicted octanol–water partition coefficient (Wildman–Crippen LogP) is 4.32. The third-order valence-corrected chi connectivity index (χ3v) is 4.78. The van der Waals surface area contributed by atoms with Crippen molar-refractivity contribution in [3.8, 4) is 0 Å².